The Kier molecular flexibility index (Phi) is 8.68. The molecule has 0 saturated heterocycles. The van der Waals surface area contributed by atoms with Gasteiger partial charge in [-0.25, -0.2) is 4.79 Å². The van der Waals surface area contributed by atoms with E-state index in [0.29, 0.717) is 39.6 Å². The Morgan fingerprint density at radius 3 is 2.17 bits per heavy atom. The van der Waals surface area contributed by atoms with E-state index in [-0.39, 0.29) is 12.0 Å². The van der Waals surface area contributed by atoms with E-state index < -0.39 is 6.09 Å². The highest BCUT2D eigenvalue weighted by atomic mass is 16.6. The van der Waals surface area contributed by atoms with Crippen molar-refractivity contribution in [1.29, 1.82) is 0 Å². The van der Waals surface area contributed by atoms with Crippen molar-refractivity contribution in [2.75, 3.05) is 46.8 Å². The van der Waals surface area contributed by atoms with Gasteiger partial charge in [0.15, 0.2) is 0 Å². The summed E-state index contributed by atoms with van der Waals surface area (Å²) in [4.78, 5) is 12.4. The molecule has 0 aliphatic heterocycles. The Morgan fingerprint density at radius 1 is 0.933 bits per heavy atom. The monoisotopic (exact) mass is 413 g/mol. The molecule has 2 aromatic rings. The molecule has 0 aromatic heterocycles. The fraction of sp³-hybridized carbons (Fsp3) is 0.458. The number of carbonyl (C=O) groups excluding carboxylic acids is 1. The van der Waals surface area contributed by atoms with Crippen LogP contribution in [0.25, 0.3) is 11.1 Å². The van der Waals surface area contributed by atoms with E-state index in [4.69, 9.17) is 18.9 Å². The predicted molar refractivity (Wildman–Crippen MR) is 116 cm³/mol. The molecule has 2 aromatic carbocycles. The molecule has 0 saturated carbocycles. The molecule has 0 heterocycles. The molecule has 0 bridgehead atoms. The lowest BCUT2D eigenvalue weighted by Gasteiger charge is -2.19. The molecule has 30 heavy (non-hydrogen) atoms. The molecular weight excluding hydrogens is 382 g/mol. The second-order valence-corrected chi connectivity index (χ2v) is 7.26. The third-order valence-electron chi connectivity index (χ3n) is 5.28. The second kappa shape index (κ2) is 11.7. The van der Waals surface area contributed by atoms with Gasteiger partial charge in [-0.15, -0.1) is 0 Å². The Hall–Kier alpha value is -2.41. The van der Waals surface area contributed by atoms with Crippen molar-refractivity contribution < 1.29 is 23.7 Å². The molecule has 6 heteroatoms. The number of nitrogens with one attached hydrogen (secondary N) is 1. The van der Waals surface area contributed by atoms with Crippen LogP contribution in [-0.2, 0) is 18.9 Å². The molecular formula is C24H31NO5. The van der Waals surface area contributed by atoms with Crippen molar-refractivity contribution >= 4 is 6.09 Å². The molecule has 1 atom stereocenters. The van der Waals surface area contributed by atoms with Crippen LogP contribution in [-0.4, -0.2) is 58.9 Å². The van der Waals surface area contributed by atoms with Crippen LogP contribution in [0.15, 0.2) is 48.5 Å². The molecule has 1 N–H and O–H groups in total. The van der Waals surface area contributed by atoms with Gasteiger partial charge in [-0.05, 0) is 28.7 Å². The minimum atomic E-state index is -0.413. The minimum Gasteiger partial charge on any atom is -0.449 e. The Morgan fingerprint density at radius 2 is 1.53 bits per heavy atom. The van der Waals surface area contributed by atoms with Gasteiger partial charge in [0.1, 0.15) is 6.61 Å². The first-order valence-corrected chi connectivity index (χ1v) is 10.5. The molecule has 3 rings (SSSR count). The van der Waals surface area contributed by atoms with Gasteiger partial charge >= 0.3 is 6.09 Å². The van der Waals surface area contributed by atoms with E-state index in [9.17, 15) is 4.79 Å². The Balaban J connectivity index is 1.45. The molecule has 0 fully saturated rings. The Labute approximate surface area is 178 Å². The van der Waals surface area contributed by atoms with E-state index in [2.05, 4.69) is 29.6 Å². The lowest BCUT2D eigenvalue weighted by atomic mass is 9.98. The van der Waals surface area contributed by atoms with Crippen molar-refractivity contribution in [2.24, 2.45) is 0 Å². The number of hydrogen-bond acceptors (Lipinski definition) is 5. The zero-order valence-corrected chi connectivity index (χ0v) is 17.8. The first-order valence-electron chi connectivity index (χ1n) is 10.5. The average molecular weight is 414 g/mol. The largest absolute Gasteiger partial charge is 0.449 e. The lowest BCUT2D eigenvalue weighted by Crippen LogP contribution is -2.38. The summed E-state index contributed by atoms with van der Waals surface area (Å²) in [7, 11) is 1.64. The first kappa shape index (κ1) is 22.3. The van der Waals surface area contributed by atoms with E-state index >= 15 is 0 Å². The SMILES string of the molecule is CC[C@@H](COCCOCCOC)NC(=O)OCC1c2ccccc2-c2ccccc21. The maximum absolute atomic E-state index is 12.4. The van der Waals surface area contributed by atoms with Crippen LogP contribution < -0.4 is 5.32 Å². The van der Waals surface area contributed by atoms with Gasteiger partial charge in [0, 0.05) is 13.0 Å². The number of fused-ring (bicyclic) bond motifs is 3. The summed E-state index contributed by atoms with van der Waals surface area (Å²) in [6.45, 7) is 4.85. The number of benzene rings is 2. The van der Waals surface area contributed by atoms with Crippen LogP contribution in [0.1, 0.15) is 30.4 Å². The maximum atomic E-state index is 12.4. The van der Waals surface area contributed by atoms with Crippen LogP contribution in [0.3, 0.4) is 0 Å². The van der Waals surface area contributed by atoms with Gasteiger partial charge in [0.05, 0.1) is 39.1 Å². The van der Waals surface area contributed by atoms with Crippen molar-refractivity contribution in [1.82, 2.24) is 5.32 Å². The van der Waals surface area contributed by atoms with Gasteiger partial charge in [-0.3, -0.25) is 0 Å². The van der Waals surface area contributed by atoms with Gasteiger partial charge in [0.2, 0.25) is 0 Å². The summed E-state index contributed by atoms with van der Waals surface area (Å²) in [5.74, 6) is 0.0590. The number of alkyl carbamates (subject to hydrolysis) is 1. The van der Waals surface area contributed by atoms with Gasteiger partial charge < -0.3 is 24.3 Å². The quantitative estimate of drug-likeness (QED) is 0.533. The fourth-order valence-corrected chi connectivity index (χ4v) is 3.66. The molecule has 0 radical (unpaired) electrons. The summed E-state index contributed by atoms with van der Waals surface area (Å²) in [5.41, 5.74) is 4.84. The topological polar surface area (TPSA) is 66.0 Å². The third kappa shape index (κ3) is 5.81. The molecule has 0 unspecified atom stereocenters. The molecule has 1 amide bonds. The molecule has 0 spiro atoms. The zero-order chi connectivity index (χ0) is 21.2. The van der Waals surface area contributed by atoms with Gasteiger partial charge in [0.25, 0.3) is 0 Å². The number of methoxy groups -OCH3 is 1. The van der Waals surface area contributed by atoms with Crippen molar-refractivity contribution in [3.63, 3.8) is 0 Å². The highest BCUT2D eigenvalue weighted by molar-refractivity contribution is 5.79. The zero-order valence-electron chi connectivity index (χ0n) is 17.8. The molecule has 6 nitrogen and oxygen atoms in total. The number of amides is 1. The highest BCUT2D eigenvalue weighted by Gasteiger charge is 2.29. The first-order chi connectivity index (χ1) is 14.7. The number of rotatable bonds is 12. The van der Waals surface area contributed by atoms with Crippen molar-refractivity contribution in [3.8, 4) is 11.1 Å². The maximum Gasteiger partial charge on any atom is 0.407 e. The van der Waals surface area contributed by atoms with E-state index in [1.165, 1.54) is 22.3 Å². The molecule has 1 aliphatic carbocycles. The molecule has 162 valence electrons. The van der Waals surface area contributed by atoms with E-state index in [0.717, 1.165) is 6.42 Å². The normalized spacial score (nSPS) is 13.5. The number of hydrogen-bond donors (Lipinski definition) is 1. The van der Waals surface area contributed by atoms with Crippen molar-refractivity contribution in [3.05, 3.63) is 59.7 Å². The summed E-state index contributed by atoms with van der Waals surface area (Å²) >= 11 is 0. The second-order valence-electron chi connectivity index (χ2n) is 7.26. The fourth-order valence-electron chi connectivity index (χ4n) is 3.66. The number of ether oxygens (including phenoxy) is 4. The number of carbonyl (C=O) groups is 1. The smallest absolute Gasteiger partial charge is 0.407 e. The highest BCUT2D eigenvalue weighted by Crippen LogP contribution is 2.44. The molecule has 1 aliphatic rings. The van der Waals surface area contributed by atoms with Gasteiger partial charge in [-0.1, -0.05) is 55.5 Å². The third-order valence-corrected chi connectivity index (χ3v) is 5.28. The van der Waals surface area contributed by atoms with Crippen LogP contribution in [0.2, 0.25) is 0 Å². The van der Waals surface area contributed by atoms with Crippen LogP contribution in [0.4, 0.5) is 4.79 Å². The standard InChI is InChI=1S/C24H31NO5/c1-3-18(16-29-15-14-28-13-12-27-2)25-24(26)30-17-23-21-10-6-4-8-19(21)20-9-5-7-11-22(20)23/h4-11,18,23H,3,12-17H2,1-2H3,(H,25,26)/t18-/m0/s1. The van der Waals surface area contributed by atoms with Crippen LogP contribution in [0.5, 0.6) is 0 Å². The summed E-state index contributed by atoms with van der Waals surface area (Å²) in [5, 5.41) is 2.90. The summed E-state index contributed by atoms with van der Waals surface area (Å²) in [6.07, 6.45) is 0.345. The van der Waals surface area contributed by atoms with E-state index in [1.54, 1.807) is 7.11 Å². The van der Waals surface area contributed by atoms with Crippen molar-refractivity contribution in [2.45, 2.75) is 25.3 Å². The lowest BCUT2D eigenvalue weighted by molar-refractivity contribution is 0.0188. The Bertz CT molecular complexity index is 764. The summed E-state index contributed by atoms with van der Waals surface area (Å²) in [6, 6.07) is 16.5. The average Bonchev–Trinajstić information content (AvgIpc) is 3.10. The van der Waals surface area contributed by atoms with Gasteiger partial charge in [-0.2, -0.15) is 0 Å². The van der Waals surface area contributed by atoms with Crippen LogP contribution >= 0.6 is 0 Å². The minimum absolute atomic E-state index is 0.0590. The summed E-state index contributed by atoms with van der Waals surface area (Å²) < 4.78 is 21.5. The van der Waals surface area contributed by atoms with E-state index in [1.807, 2.05) is 31.2 Å². The predicted octanol–water partition coefficient (Wildman–Crippen LogP) is 3.98. The van der Waals surface area contributed by atoms with Crippen LogP contribution in [0, 0.1) is 0 Å².